The topological polar surface area (TPSA) is 84.9 Å². The van der Waals surface area contributed by atoms with Gasteiger partial charge in [0.05, 0.1) is 17.2 Å². The number of thiophene rings is 1. The summed E-state index contributed by atoms with van der Waals surface area (Å²) in [6.45, 7) is 7.33. The number of aryl methyl sites for hydroxylation is 1. The summed E-state index contributed by atoms with van der Waals surface area (Å²) in [6, 6.07) is 8.26. The van der Waals surface area contributed by atoms with Gasteiger partial charge in [0.2, 0.25) is 0 Å². The zero-order valence-electron chi connectivity index (χ0n) is 12.5. The van der Waals surface area contributed by atoms with E-state index in [1.54, 1.807) is 12.1 Å². The summed E-state index contributed by atoms with van der Waals surface area (Å²) in [4.78, 5) is 13.4. The largest absolute Gasteiger partial charge is 0.318 e. The van der Waals surface area contributed by atoms with Gasteiger partial charge in [-0.1, -0.05) is 18.2 Å². The van der Waals surface area contributed by atoms with Crippen LogP contribution in [0.5, 0.6) is 0 Å². The quantitative estimate of drug-likeness (QED) is 0.472. The Kier molecular flexibility index (Phi) is 4.26. The second-order valence-corrected chi connectivity index (χ2v) is 8.41. The molecule has 0 aliphatic carbocycles. The van der Waals surface area contributed by atoms with Crippen LogP contribution in [0.25, 0.3) is 4.85 Å². The fraction of sp³-hybridized carbons (Fsp3) is 0.267. The van der Waals surface area contributed by atoms with Crippen molar-refractivity contribution in [2.24, 2.45) is 0 Å². The fourth-order valence-electron chi connectivity index (χ4n) is 2.70. The molecule has 1 aliphatic rings. The minimum Gasteiger partial charge on any atom is -0.265 e. The van der Waals surface area contributed by atoms with Crippen LogP contribution in [0.4, 0.5) is 16.4 Å². The lowest BCUT2D eigenvalue weighted by Gasteiger charge is -2.23. The number of hydrogen-bond acceptors (Lipinski definition) is 5. The molecule has 2 heterocycles. The minimum atomic E-state index is -3.94. The molecule has 0 spiro atoms. The second-order valence-electron chi connectivity index (χ2n) is 5.29. The van der Waals surface area contributed by atoms with Crippen molar-refractivity contribution in [1.82, 2.24) is 0 Å². The number of nitrogens with zero attached hydrogens (tertiary/aromatic N) is 3. The third-order valence-corrected chi connectivity index (χ3v) is 7.11. The molecule has 0 atom stereocenters. The zero-order valence-corrected chi connectivity index (χ0v) is 14.1. The molecule has 0 bridgehead atoms. The van der Waals surface area contributed by atoms with Gasteiger partial charge in [-0.15, -0.1) is 11.3 Å². The average molecular weight is 363 g/mol. The molecule has 0 N–H and O–H groups in total. The van der Waals surface area contributed by atoms with Crippen LogP contribution in [0.3, 0.4) is 0 Å². The van der Waals surface area contributed by atoms with E-state index in [2.05, 4.69) is 4.85 Å². The molecule has 9 heteroatoms. The monoisotopic (exact) mass is 363 g/mol. The molecule has 0 unspecified atom stereocenters. The number of benzene rings is 1. The molecule has 0 fully saturated rings. The molecule has 1 aromatic carbocycles. The van der Waals surface area contributed by atoms with Crippen LogP contribution < -0.4 is 4.31 Å². The van der Waals surface area contributed by atoms with Crippen LogP contribution in [0, 0.1) is 16.7 Å². The second kappa shape index (κ2) is 6.22. The highest BCUT2D eigenvalue weighted by Gasteiger charge is 2.32. The molecule has 3 rings (SSSR count). The molecule has 1 aromatic heterocycles. The lowest BCUT2D eigenvalue weighted by molar-refractivity contribution is -0.383. The van der Waals surface area contributed by atoms with Crippen molar-refractivity contribution >= 4 is 37.7 Å². The molecule has 7 nitrogen and oxygen atoms in total. The van der Waals surface area contributed by atoms with E-state index in [0.717, 1.165) is 24.5 Å². The lowest BCUT2D eigenvalue weighted by atomic mass is 10.1. The Morgan fingerprint density at radius 1 is 1.29 bits per heavy atom. The summed E-state index contributed by atoms with van der Waals surface area (Å²) in [5, 5.41) is 10.8. The van der Waals surface area contributed by atoms with Crippen molar-refractivity contribution < 1.29 is 13.3 Å². The first-order valence-corrected chi connectivity index (χ1v) is 9.47. The summed E-state index contributed by atoms with van der Waals surface area (Å²) in [5.41, 5.74) is 1.09. The van der Waals surface area contributed by atoms with Crippen LogP contribution in [-0.2, 0) is 16.4 Å². The number of hydrogen-bond donors (Lipinski definition) is 0. The first kappa shape index (κ1) is 16.4. The van der Waals surface area contributed by atoms with Gasteiger partial charge in [0.1, 0.15) is 4.21 Å². The molecule has 24 heavy (non-hydrogen) atoms. The van der Waals surface area contributed by atoms with Gasteiger partial charge in [-0.3, -0.25) is 14.4 Å². The molecule has 2 aromatic rings. The smallest absolute Gasteiger partial charge is 0.265 e. The van der Waals surface area contributed by atoms with E-state index in [4.69, 9.17) is 6.57 Å². The number of sulfonamides is 1. The minimum absolute atomic E-state index is 0.170. The van der Waals surface area contributed by atoms with Gasteiger partial charge >= 0.3 is 5.00 Å². The SMILES string of the molecule is [C-]#[N+]c1sc(S(=O)(=O)N2CCCCc3ccccc32)cc1[N+](=O)[O-]. The Labute approximate surface area is 143 Å². The van der Waals surface area contributed by atoms with Gasteiger partial charge in [0.25, 0.3) is 15.7 Å². The van der Waals surface area contributed by atoms with Crippen LogP contribution in [0.15, 0.2) is 34.5 Å². The van der Waals surface area contributed by atoms with Crippen LogP contribution in [0.2, 0.25) is 0 Å². The van der Waals surface area contributed by atoms with Crippen LogP contribution in [0.1, 0.15) is 18.4 Å². The Morgan fingerprint density at radius 3 is 2.71 bits per heavy atom. The standard InChI is InChI=1S/C15H13N3O4S2/c1-16-15-13(18(19)20)10-14(23-15)24(21,22)17-9-5-4-7-11-6-2-3-8-12(11)17/h2-3,6,8,10H,4-5,7,9H2. The fourth-order valence-corrected chi connectivity index (χ4v) is 5.56. The third-order valence-electron chi connectivity index (χ3n) is 3.83. The van der Waals surface area contributed by atoms with E-state index < -0.39 is 20.6 Å². The maximum Gasteiger partial charge on any atom is 0.318 e. The first-order valence-electron chi connectivity index (χ1n) is 7.21. The first-order chi connectivity index (χ1) is 11.4. The van der Waals surface area contributed by atoms with Gasteiger partial charge < -0.3 is 0 Å². The van der Waals surface area contributed by atoms with E-state index in [-0.39, 0.29) is 9.21 Å². The summed E-state index contributed by atoms with van der Waals surface area (Å²) in [5.74, 6) is 0. The molecule has 0 saturated carbocycles. The van der Waals surface area contributed by atoms with E-state index in [1.807, 2.05) is 12.1 Å². The van der Waals surface area contributed by atoms with Crippen molar-refractivity contribution in [3.63, 3.8) is 0 Å². The maximum absolute atomic E-state index is 13.0. The lowest BCUT2D eigenvalue weighted by Crippen LogP contribution is -2.31. The molecule has 1 aliphatic heterocycles. The highest BCUT2D eigenvalue weighted by Crippen LogP contribution is 2.41. The summed E-state index contributed by atoms with van der Waals surface area (Å²) >= 11 is 0.644. The molecule has 0 radical (unpaired) electrons. The Hall–Kier alpha value is -2.44. The Bertz CT molecular complexity index is 944. The Balaban J connectivity index is 2.12. The van der Waals surface area contributed by atoms with Crippen LogP contribution >= 0.6 is 11.3 Å². The number of anilines is 1. The van der Waals surface area contributed by atoms with Crippen molar-refractivity contribution in [3.8, 4) is 0 Å². The summed E-state index contributed by atoms with van der Waals surface area (Å²) < 4.78 is 27.2. The number of rotatable bonds is 3. The van der Waals surface area contributed by atoms with Gasteiger partial charge in [-0.05, 0) is 30.9 Å². The number of nitro groups is 1. The maximum atomic E-state index is 13.0. The van der Waals surface area contributed by atoms with Gasteiger partial charge in [-0.2, -0.15) is 0 Å². The third kappa shape index (κ3) is 2.74. The average Bonchev–Trinajstić information content (AvgIpc) is 2.89. The van der Waals surface area contributed by atoms with Gasteiger partial charge in [0, 0.05) is 12.6 Å². The highest BCUT2D eigenvalue weighted by atomic mass is 32.2. The molecular formula is C15H13N3O4S2. The molecule has 124 valence electrons. The predicted molar refractivity (Wildman–Crippen MR) is 91.1 cm³/mol. The van der Waals surface area contributed by atoms with E-state index >= 15 is 0 Å². The molecule has 0 amide bonds. The van der Waals surface area contributed by atoms with E-state index in [9.17, 15) is 18.5 Å². The summed E-state index contributed by atoms with van der Waals surface area (Å²) in [6.07, 6.45) is 2.37. The summed E-state index contributed by atoms with van der Waals surface area (Å²) in [7, 11) is -3.94. The highest BCUT2D eigenvalue weighted by molar-refractivity contribution is 7.94. The van der Waals surface area contributed by atoms with Crippen LogP contribution in [-0.4, -0.2) is 19.9 Å². The van der Waals surface area contributed by atoms with Gasteiger partial charge in [0.15, 0.2) is 0 Å². The van der Waals surface area contributed by atoms with Crippen molar-refractivity contribution in [2.45, 2.75) is 23.5 Å². The zero-order chi connectivity index (χ0) is 17.3. The number of para-hydroxylation sites is 1. The predicted octanol–water partition coefficient (Wildman–Crippen LogP) is 3.74. The molecular weight excluding hydrogens is 350 g/mol. The normalized spacial score (nSPS) is 14.5. The van der Waals surface area contributed by atoms with E-state index in [0.29, 0.717) is 30.0 Å². The van der Waals surface area contributed by atoms with Gasteiger partial charge in [-0.25, -0.2) is 13.3 Å². The Morgan fingerprint density at radius 2 is 2.04 bits per heavy atom. The van der Waals surface area contributed by atoms with E-state index in [1.165, 1.54) is 4.31 Å². The number of fused-ring (bicyclic) bond motifs is 1. The molecule has 0 saturated heterocycles. The van der Waals surface area contributed by atoms with Crippen molar-refractivity contribution in [2.75, 3.05) is 10.8 Å². The van der Waals surface area contributed by atoms with Crippen molar-refractivity contribution in [3.05, 3.63) is 57.4 Å². The van der Waals surface area contributed by atoms with Crippen molar-refractivity contribution in [1.29, 1.82) is 0 Å².